The zero-order chi connectivity index (χ0) is 20.1. The molecular weight excluding hydrogens is 376 g/mol. The van der Waals surface area contributed by atoms with Crippen molar-refractivity contribution in [3.8, 4) is 0 Å². The minimum absolute atomic E-state index is 0.0933. The number of rotatable bonds is 6. The summed E-state index contributed by atoms with van der Waals surface area (Å²) in [4.78, 5) is 28.1. The summed E-state index contributed by atoms with van der Waals surface area (Å²) in [6.07, 6.45) is 1.72. The maximum atomic E-state index is 13.3. The van der Waals surface area contributed by atoms with Crippen LogP contribution < -0.4 is 5.32 Å². The highest BCUT2D eigenvalue weighted by atomic mass is 32.1. The molecule has 2 aromatic rings. The van der Waals surface area contributed by atoms with Gasteiger partial charge in [0.25, 0.3) is 5.91 Å². The Morgan fingerprint density at radius 1 is 1.32 bits per heavy atom. The van der Waals surface area contributed by atoms with E-state index in [-0.39, 0.29) is 23.6 Å². The topological polar surface area (TPSA) is 84.4 Å². The van der Waals surface area contributed by atoms with Gasteiger partial charge in [-0.2, -0.15) is 0 Å². The highest BCUT2D eigenvalue weighted by molar-refractivity contribution is 7.03. The van der Waals surface area contributed by atoms with Crippen LogP contribution in [0.4, 0.5) is 0 Å². The normalized spacial score (nSPS) is 17.9. The van der Waals surface area contributed by atoms with E-state index in [1.165, 1.54) is 0 Å². The van der Waals surface area contributed by atoms with Crippen molar-refractivity contribution >= 4 is 23.3 Å². The highest BCUT2D eigenvalue weighted by Crippen LogP contribution is 2.26. The van der Waals surface area contributed by atoms with Crippen molar-refractivity contribution < 1.29 is 14.3 Å². The fraction of sp³-hybridized carbons (Fsp3) is 0.500. The van der Waals surface area contributed by atoms with Crippen LogP contribution >= 0.6 is 11.5 Å². The van der Waals surface area contributed by atoms with Crippen molar-refractivity contribution in [1.29, 1.82) is 0 Å². The summed E-state index contributed by atoms with van der Waals surface area (Å²) in [6, 6.07) is 8.57. The number of carbonyl (C=O) groups excluding carboxylic acids is 2. The molecule has 8 heteroatoms. The number of nitrogens with zero attached hydrogens (tertiary/aromatic N) is 3. The predicted octanol–water partition coefficient (Wildman–Crippen LogP) is 2.82. The third-order valence-corrected chi connectivity index (χ3v) is 4.94. The molecule has 0 saturated carbocycles. The van der Waals surface area contributed by atoms with E-state index in [0.29, 0.717) is 13.2 Å². The quantitative estimate of drug-likeness (QED) is 0.803. The molecule has 1 aliphatic heterocycles. The summed E-state index contributed by atoms with van der Waals surface area (Å²) in [7, 11) is 0. The first-order chi connectivity index (χ1) is 13.3. The molecule has 2 heterocycles. The first-order valence-corrected chi connectivity index (χ1v) is 10.3. The fourth-order valence-corrected chi connectivity index (χ4v) is 3.69. The van der Waals surface area contributed by atoms with Crippen molar-refractivity contribution in [2.75, 3.05) is 13.2 Å². The van der Waals surface area contributed by atoms with Gasteiger partial charge in [-0.1, -0.05) is 34.8 Å². The molecule has 2 unspecified atom stereocenters. The average molecular weight is 403 g/mol. The number of ether oxygens (including phenoxy) is 1. The molecule has 7 nitrogen and oxygen atoms in total. The van der Waals surface area contributed by atoms with Gasteiger partial charge in [0.1, 0.15) is 6.04 Å². The van der Waals surface area contributed by atoms with Gasteiger partial charge in [0.2, 0.25) is 5.91 Å². The van der Waals surface area contributed by atoms with Crippen LogP contribution in [0.25, 0.3) is 0 Å². The Morgan fingerprint density at radius 2 is 2.07 bits per heavy atom. The monoisotopic (exact) mass is 402 g/mol. The van der Waals surface area contributed by atoms with Gasteiger partial charge in [0.15, 0.2) is 5.69 Å². The highest BCUT2D eigenvalue weighted by Gasteiger charge is 2.36. The molecule has 1 N–H and O–H groups in total. The molecule has 3 rings (SSSR count). The largest absolute Gasteiger partial charge is 0.376 e. The van der Waals surface area contributed by atoms with Crippen LogP contribution in [0.1, 0.15) is 55.7 Å². The Balaban J connectivity index is 1.98. The molecule has 1 saturated heterocycles. The number of aromatic nitrogens is 2. The second-order valence-corrected chi connectivity index (χ2v) is 8.54. The third kappa shape index (κ3) is 5.14. The van der Waals surface area contributed by atoms with Crippen LogP contribution in [0.2, 0.25) is 0 Å². The molecule has 150 valence electrons. The van der Waals surface area contributed by atoms with Crippen molar-refractivity contribution in [3.05, 3.63) is 47.0 Å². The van der Waals surface area contributed by atoms with Crippen LogP contribution in [0, 0.1) is 0 Å². The second kappa shape index (κ2) is 8.79. The van der Waals surface area contributed by atoms with Gasteiger partial charge < -0.3 is 15.0 Å². The van der Waals surface area contributed by atoms with Crippen molar-refractivity contribution in [3.63, 3.8) is 0 Å². The van der Waals surface area contributed by atoms with Crippen molar-refractivity contribution in [2.24, 2.45) is 0 Å². The first kappa shape index (κ1) is 20.4. The molecule has 0 radical (unpaired) electrons. The van der Waals surface area contributed by atoms with Crippen LogP contribution in [0.5, 0.6) is 0 Å². The van der Waals surface area contributed by atoms with Crippen LogP contribution in [0.3, 0.4) is 0 Å². The lowest BCUT2D eigenvalue weighted by Gasteiger charge is -2.34. The van der Waals surface area contributed by atoms with Crippen LogP contribution in [0.15, 0.2) is 35.7 Å². The summed E-state index contributed by atoms with van der Waals surface area (Å²) in [5.41, 5.74) is 0.566. The van der Waals surface area contributed by atoms with Gasteiger partial charge in [-0.3, -0.25) is 9.59 Å². The van der Waals surface area contributed by atoms with Gasteiger partial charge in [-0.15, -0.1) is 5.10 Å². The van der Waals surface area contributed by atoms with Crippen LogP contribution in [-0.2, 0) is 9.53 Å². The van der Waals surface area contributed by atoms with Gasteiger partial charge in [0, 0.05) is 24.1 Å². The van der Waals surface area contributed by atoms with Gasteiger partial charge in [-0.25, -0.2) is 0 Å². The van der Waals surface area contributed by atoms with E-state index in [9.17, 15) is 9.59 Å². The summed E-state index contributed by atoms with van der Waals surface area (Å²) >= 11 is 1.11. The maximum absolute atomic E-state index is 13.3. The summed E-state index contributed by atoms with van der Waals surface area (Å²) < 4.78 is 9.56. The average Bonchev–Trinajstić information content (AvgIpc) is 3.34. The van der Waals surface area contributed by atoms with E-state index >= 15 is 0 Å². The van der Waals surface area contributed by atoms with E-state index in [4.69, 9.17) is 4.74 Å². The zero-order valence-electron chi connectivity index (χ0n) is 16.4. The molecule has 1 aromatic heterocycles. The Bertz CT molecular complexity index is 784. The minimum Gasteiger partial charge on any atom is -0.376 e. The Labute approximate surface area is 169 Å². The van der Waals surface area contributed by atoms with E-state index in [1.807, 2.05) is 51.1 Å². The lowest BCUT2D eigenvalue weighted by atomic mass is 10.0. The number of benzene rings is 1. The molecule has 2 amide bonds. The summed E-state index contributed by atoms with van der Waals surface area (Å²) in [6.45, 7) is 6.76. The van der Waals surface area contributed by atoms with Crippen LogP contribution in [-0.4, -0.2) is 51.1 Å². The predicted molar refractivity (Wildman–Crippen MR) is 107 cm³/mol. The van der Waals surface area contributed by atoms with Gasteiger partial charge in [0.05, 0.1) is 6.10 Å². The Hall–Kier alpha value is -2.32. The molecular formula is C20H26N4O3S. The second-order valence-electron chi connectivity index (χ2n) is 7.94. The molecule has 0 spiro atoms. The first-order valence-electron chi connectivity index (χ1n) is 9.42. The Kier molecular flexibility index (Phi) is 6.41. The summed E-state index contributed by atoms with van der Waals surface area (Å²) in [5.74, 6) is -0.546. The standard InChI is InChI=1S/C20H26N4O3S/c1-20(2,3)21-18(25)17(14-8-5-4-6-9-14)24(12-15-10-7-11-27-15)19(26)16-13-28-23-22-16/h4-6,8-9,13,15,17H,7,10-12H2,1-3H3,(H,21,25). The van der Waals surface area contributed by atoms with Gasteiger partial charge >= 0.3 is 0 Å². The molecule has 0 aliphatic carbocycles. The molecule has 1 aliphatic rings. The Morgan fingerprint density at radius 3 is 2.64 bits per heavy atom. The van der Waals surface area contributed by atoms with Gasteiger partial charge in [-0.05, 0) is 50.7 Å². The van der Waals surface area contributed by atoms with E-state index in [0.717, 1.165) is 29.9 Å². The van der Waals surface area contributed by atoms with E-state index < -0.39 is 11.6 Å². The zero-order valence-corrected chi connectivity index (χ0v) is 17.2. The molecule has 28 heavy (non-hydrogen) atoms. The number of carbonyl (C=O) groups is 2. The summed E-state index contributed by atoms with van der Waals surface area (Å²) in [5, 5.41) is 8.55. The number of amides is 2. The molecule has 1 aromatic carbocycles. The van der Waals surface area contributed by atoms with E-state index in [1.54, 1.807) is 10.3 Å². The number of nitrogens with one attached hydrogen (secondary N) is 1. The molecule has 1 fully saturated rings. The van der Waals surface area contributed by atoms with Crippen molar-refractivity contribution in [1.82, 2.24) is 19.8 Å². The van der Waals surface area contributed by atoms with E-state index in [2.05, 4.69) is 14.9 Å². The molecule has 0 bridgehead atoms. The smallest absolute Gasteiger partial charge is 0.276 e. The van der Waals surface area contributed by atoms with Crippen molar-refractivity contribution in [2.45, 2.75) is 51.3 Å². The SMILES string of the molecule is CC(C)(C)NC(=O)C(c1ccccc1)N(CC1CCCO1)C(=O)c1csnn1. The molecule has 2 atom stereocenters. The minimum atomic E-state index is -0.779. The third-order valence-electron chi connectivity index (χ3n) is 4.44. The number of hydrogen-bond donors (Lipinski definition) is 1. The fourth-order valence-electron chi connectivity index (χ4n) is 3.26. The lowest BCUT2D eigenvalue weighted by Crippen LogP contribution is -2.50. The number of hydrogen-bond acceptors (Lipinski definition) is 6. The maximum Gasteiger partial charge on any atom is 0.276 e. The lowest BCUT2D eigenvalue weighted by molar-refractivity contribution is -0.127.